The Kier molecular flexibility index (Phi) is 12.9. The summed E-state index contributed by atoms with van der Waals surface area (Å²) < 4.78 is 58.6. The maximum absolute atomic E-state index is 14.4. The van der Waals surface area contributed by atoms with Crippen LogP contribution in [-0.2, 0) is 41.8 Å². The monoisotopic (exact) mass is 895 g/mol. The van der Waals surface area contributed by atoms with Crippen LogP contribution < -0.4 is 19.5 Å². The fraction of sp³-hybridized carbons (Fsp3) is 0.245. The van der Waals surface area contributed by atoms with Gasteiger partial charge in [0.2, 0.25) is 5.91 Å². The van der Waals surface area contributed by atoms with Gasteiger partial charge >= 0.3 is 12.1 Å². The van der Waals surface area contributed by atoms with E-state index in [0.29, 0.717) is 70.0 Å². The van der Waals surface area contributed by atoms with Gasteiger partial charge in [-0.3, -0.25) is 14.7 Å². The van der Waals surface area contributed by atoms with Crippen molar-refractivity contribution >= 4 is 35.1 Å². The summed E-state index contributed by atoms with van der Waals surface area (Å²) in [5, 5.41) is 14.1. The Morgan fingerprint density at radius 3 is 2.30 bits per heavy atom. The number of carboxylic acids is 1. The average molecular weight is 897 g/mol. The third-order valence-electron chi connectivity index (χ3n) is 11.4. The van der Waals surface area contributed by atoms with Crippen LogP contribution in [0.1, 0.15) is 64.6 Å². The predicted octanol–water partition coefficient (Wildman–Crippen LogP) is 10.9. The molecule has 2 N–H and O–H groups in total. The minimum atomic E-state index is -4.59. The number of rotatable bonds is 13. The first kappa shape index (κ1) is 43.6. The highest BCUT2D eigenvalue weighted by Gasteiger charge is 2.39. The van der Waals surface area contributed by atoms with E-state index in [0.717, 1.165) is 40.1 Å². The number of benzene rings is 5. The minimum Gasteiger partial charge on any atom is -0.489 e. The van der Waals surface area contributed by atoms with Crippen molar-refractivity contribution in [3.63, 3.8) is 0 Å². The van der Waals surface area contributed by atoms with Gasteiger partial charge in [0.15, 0.2) is 17.6 Å². The van der Waals surface area contributed by atoms with Gasteiger partial charge in [-0.2, -0.15) is 13.2 Å². The molecule has 63 heavy (non-hydrogen) atoms. The van der Waals surface area contributed by atoms with Gasteiger partial charge in [-0.15, -0.1) is 0 Å². The summed E-state index contributed by atoms with van der Waals surface area (Å²) in [4.78, 5) is 32.6. The molecule has 3 heterocycles. The number of nitrogens with one attached hydrogen (secondary N) is 1. The van der Waals surface area contributed by atoms with E-state index >= 15 is 0 Å². The van der Waals surface area contributed by atoms with Crippen molar-refractivity contribution in [3.8, 4) is 28.4 Å². The molecule has 0 radical (unpaired) electrons. The van der Waals surface area contributed by atoms with Crippen LogP contribution >= 0.6 is 23.2 Å². The van der Waals surface area contributed by atoms with Crippen molar-refractivity contribution in [1.29, 1.82) is 0 Å². The second-order valence-corrected chi connectivity index (χ2v) is 16.4. The standard InChI is InChI=1S/C49H42Cl2F3N3O6/c1-2-41(32-6-4-3-5-7-32)57-26-36-24-44-43(62-28-45(63-44)33-13-15-37(16-14-33)61-27-30-10-17-38(50)39(51)20-30)23-35(36)22-42(57)47(58)56-40(48(59)60)21-29-8-11-31(12-9-29)34-18-19-55-46(25-34)49(52,53)54/h3-20,23-25,40-42,45H,2,21-22,26-28H2,1H3,(H,56,58)(H,59,60)/t40-,41-,42-,45+/m0/s1. The van der Waals surface area contributed by atoms with Crippen LogP contribution in [-0.4, -0.2) is 45.6 Å². The number of amides is 1. The smallest absolute Gasteiger partial charge is 0.433 e. The molecule has 8 rings (SSSR count). The van der Waals surface area contributed by atoms with E-state index in [1.54, 1.807) is 36.4 Å². The van der Waals surface area contributed by atoms with Crippen molar-refractivity contribution in [2.24, 2.45) is 0 Å². The highest BCUT2D eigenvalue weighted by molar-refractivity contribution is 6.42. The lowest BCUT2D eigenvalue weighted by molar-refractivity contribution is -0.143. The van der Waals surface area contributed by atoms with Gasteiger partial charge in [-0.1, -0.05) is 103 Å². The van der Waals surface area contributed by atoms with E-state index in [-0.39, 0.29) is 25.2 Å². The van der Waals surface area contributed by atoms with Gasteiger partial charge in [-0.25, -0.2) is 4.79 Å². The molecular formula is C49H42Cl2F3N3O6. The molecule has 0 saturated heterocycles. The normalized spacial score (nSPS) is 17.0. The molecular weight excluding hydrogens is 854 g/mol. The minimum absolute atomic E-state index is 0.0426. The number of halogens is 5. The van der Waals surface area contributed by atoms with E-state index in [1.165, 1.54) is 6.07 Å². The molecule has 2 aliphatic rings. The van der Waals surface area contributed by atoms with Crippen molar-refractivity contribution in [2.45, 2.75) is 69.7 Å². The third-order valence-corrected chi connectivity index (χ3v) is 12.1. The first-order chi connectivity index (χ1) is 30.3. The summed E-state index contributed by atoms with van der Waals surface area (Å²) in [6.07, 6.45) is -2.94. The van der Waals surface area contributed by atoms with E-state index in [2.05, 4.69) is 22.1 Å². The number of aliphatic carboxylic acids is 1. The molecule has 1 amide bonds. The Hall–Kier alpha value is -6.08. The van der Waals surface area contributed by atoms with Gasteiger partial charge < -0.3 is 24.6 Å². The molecule has 5 aromatic carbocycles. The summed E-state index contributed by atoms with van der Waals surface area (Å²) in [5.41, 5.74) is 5.09. The highest BCUT2D eigenvalue weighted by Crippen LogP contribution is 2.43. The molecule has 0 aliphatic carbocycles. The van der Waals surface area contributed by atoms with Crippen molar-refractivity contribution < 1.29 is 42.1 Å². The number of fused-ring (bicyclic) bond motifs is 2. The van der Waals surface area contributed by atoms with E-state index in [4.69, 9.17) is 37.4 Å². The summed E-state index contributed by atoms with van der Waals surface area (Å²) in [6, 6.07) is 33.6. The van der Waals surface area contributed by atoms with Gasteiger partial charge in [0, 0.05) is 25.2 Å². The zero-order chi connectivity index (χ0) is 44.3. The molecule has 0 saturated carbocycles. The first-order valence-corrected chi connectivity index (χ1v) is 21.2. The molecule has 0 spiro atoms. The Morgan fingerprint density at radius 1 is 0.873 bits per heavy atom. The number of aromatic nitrogens is 1. The maximum atomic E-state index is 14.4. The Bertz CT molecular complexity index is 2600. The number of carbonyl (C=O) groups excluding carboxylic acids is 1. The van der Waals surface area contributed by atoms with E-state index in [1.807, 2.05) is 72.8 Å². The molecule has 0 fully saturated rings. The summed E-state index contributed by atoms with van der Waals surface area (Å²) in [7, 11) is 0. The van der Waals surface area contributed by atoms with Crippen LogP contribution in [0.15, 0.2) is 128 Å². The maximum Gasteiger partial charge on any atom is 0.433 e. The van der Waals surface area contributed by atoms with Crippen LogP contribution in [0.25, 0.3) is 11.1 Å². The Balaban J connectivity index is 0.986. The number of hydrogen-bond donors (Lipinski definition) is 2. The number of hydrogen-bond acceptors (Lipinski definition) is 7. The zero-order valence-electron chi connectivity index (χ0n) is 33.9. The molecule has 324 valence electrons. The highest BCUT2D eigenvalue weighted by atomic mass is 35.5. The number of carboxylic acid groups (broad SMARTS) is 1. The molecule has 0 unspecified atom stereocenters. The topological polar surface area (TPSA) is 110 Å². The van der Waals surface area contributed by atoms with Gasteiger partial charge in [0.1, 0.15) is 30.7 Å². The number of carbonyl (C=O) groups is 2. The molecule has 14 heteroatoms. The number of pyridine rings is 1. The third kappa shape index (κ3) is 10.1. The lowest BCUT2D eigenvalue weighted by Crippen LogP contribution is -2.55. The average Bonchev–Trinajstić information content (AvgIpc) is 3.29. The SMILES string of the molecule is CC[C@@H](c1ccccc1)N1Cc2cc3c(cc2C[C@H]1C(=O)N[C@@H](Cc1ccc(-c2ccnc(C(F)(F)F)c2)cc1)C(=O)O)OC[C@H](c1ccc(OCc2ccc(Cl)c(Cl)c2)cc1)O3. The summed E-state index contributed by atoms with van der Waals surface area (Å²) >= 11 is 12.2. The second kappa shape index (κ2) is 18.7. The molecule has 0 bridgehead atoms. The van der Waals surface area contributed by atoms with Crippen molar-refractivity contribution in [3.05, 3.63) is 177 Å². The quantitative estimate of drug-likeness (QED) is 0.118. The van der Waals surface area contributed by atoms with Crippen LogP contribution in [0.5, 0.6) is 17.2 Å². The van der Waals surface area contributed by atoms with Crippen LogP contribution in [0.4, 0.5) is 13.2 Å². The summed E-state index contributed by atoms with van der Waals surface area (Å²) in [5.74, 6) is 0.172. The lowest BCUT2D eigenvalue weighted by atomic mass is 9.89. The summed E-state index contributed by atoms with van der Waals surface area (Å²) in [6.45, 7) is 3.03. The van der Waals surface area contributed by atoms with Crippen LogP contribution in [0, 0.1) is 0 Å². The lowest BCUT2D eigenvalue weighted by Gasteiger charge is -2.42. The first-order valence-electron chi connectivity index (χ1n) is 20.4. The number of nitrogens with zero attached hydrogens (tertiary/aromatic N) is 2. The van der Waals surface area contributed by atoms with E-state index < -0.39 is 35.8 Å². The fourth-order valence-corrected chi connectivity index (χ4v) is 8.44. The van der Waals surface area contributed by atoms with Crippen LogP contribution in [0.2, 0.25) is 10.0 Å². The predicted molar refractivity (Wildman–Crippen MR) is 233 cm³/mol. The Labute approximate surface area is 372 Å². The zero-order valence-corrected chi connectivity index (χ0v) is 35.5. The second-order valence-electron chi connectivity index (χ2n) is 15.5. The largest absolute Gasteiger partial charge is 0.489 e. The fourth-order valence-electron chi connectivity index (χ4n) is 8.12. The Morgan fingerprint density at radius 2 is 1.60 bits per heavy atom. The van der Waals surface area contributed by atoms with E-state index in [9.17, 15) is 27.9 Å². The number of alkyl halides is 3. The van der Waals surface area contributed by atoms with Crippen molar-refractivity contribution in [1.82, 2.24) is 15.2 Å². The molecule has 1 aromatic heterocycles. The van der Waals surface area contributed by atoms with Gasteiger partial charge in [0.25, 0.3) is 0 Å². The molecule has 4 atom stereocenters. The van der Waals surface area contributed by atoms with Gasteiger partial charge in [0.05, 0.1) is 16.1 Å². The van der Waals surface area contributed by atoms with Crippen LogP contribution in [0.3, 0.4) is 0 Å². The molecule has 6 aromatic rings. The van der Waals surface area contributed by atoms with Gasteiger partial charge in [-0.05, 0) is 106 Å². The number of ether oxygens (including phenoxy) is 3. The molecule has 2 aliphatic heterocycles. The molecule has 9 nitrogen and oxygen atoms in total. The van der Waals surface area contributed by atoms with Crippen molar-refractivity contribution in [2.75, 3.05) is 6.61 Å².